The van der Waals surface area contributed by atoms with Crippen LogP contribution in [0.15, 0.2) is 138 Å². The molecule has 1 N–H and O–H groups in total. The standard InChI is InChI=1S/C63H55BN2OS/c1-60(2,3)34-18-20-35(21-19-34)65-49-32-45-40(41-29-46-47(31-44(41)63(45,8)9)62(6,7)27-26-61(46,4)5)28-42(49)37-22-23-39-56-50(24-25-53-57(56)38-15-10-12-16-52(38)67-53)66-51-33-55-43(30-48(51)64-58(37)59(39)66)36-14-11-13-17-54(36)68-55/h10-25,28-33,64-65H,26-27H2,1-9H3. The summed E-state index contributed by atoms with van der Waals surface area (Å²) in [5.41, 5.74) is 23.2. The largest absolute Gasteiger partial charge is 0.456 e. The van der Waals surface area contributed by atoms with E-state index in [-0.39, 0.29) is 21.7 Å². The number of nitrogens with zero attached hydrogens (tertiary/aromatic N) is 1. The van der Waals surface area contributed by atoms with Crippen LogP contribution in [-0.4, -0.2) is 11.8 Å². The molecule has 332 valence electrons. The zero-order valence-corrected chi connectivity index (χ0v) is 41.4. The van der Waals surface area contributed by atoms with Crippen LogP contribution in [0.2, 0.25) is 0 Å². The molecule has 0 unspecified atom stereocenters. The van der Waals surface area contributed by atoms with Crippen molar-refractivity contribution in [3.05, 3.63) is 161 Å². The van der Waals surface area contributed by atoms with Gasteiger partial charge in [-0.15, -0.1) is 11.3 Å². The molecule has 0 amide bonds. The maximum Gasteiger partial charge on any atom is 0.198 e. The van der Waals surface area contributed by atoms with Gasteiger partial charge in [0, 0.05) is 69.9 Å². The van der Waals surface area contributed by atoms with E-state index in [9.17, 15) is 0 Å². The highest BCUT2D eigenvalue weighted by atomic mass is 32.1. The number of anilines is 2. The van der Waals surface area contributed by atoms with Gasteiger partial charge in [-0.05, 0) is 145 Å². The summed E-state index contributed by atoms with van der Waals surface area (Å²) in [4.78, 5) is 0. The maximum absolute atomic E-state index is 6.58. The quantitative estimate of drug-likeness (QED) is 0.179. The molecule has 2 aliphatic carbocycles. The number of furan rings is 1. The molecule has 0 saturated heterocycles. The van der Waals surface area contributed by atoms with Gasteiger partial charge in [-0.1, -0.05) is 141 Å². The van der Waals surface area contributed by atoms with Crippen LogP contribution in [0, 0.1) is 0 Å². The number of benzene rings is 8. The van der Waals surface area contributed by atoms with E-state index in [4.69, 9.17) is 4.42 Å². The van der Waals surface area contributed by atoms with E-state index in [0.29, 0.717) is 0 Å². The van der Waals surface area contributed by atoms with Crippen molar-refractivity contribution in [1.29, 1.82) is 0 Å². The molecule has 0 bridgehead atoms. The van der Waals surface area contributed by atoms with Crippen molar-refractivity contribution in [2.45, 2.75) is 96.8 Å². The smallest absolute Gasteiger partial charge is 0.198 e. The van der Waals surface area contributed by atoms with Gasteiger partial charge in [-0.2, -0.15) is 0 Å². The number of aromatic nitrogens is 1. The van der Waals surface area contributed by atoms with Gasteiger partial charge < -0.3 is 14.3 Å². The fraction of sp³-hybridized carbons (Fsp3) is 0.238. The summed E-state index contributed by atoms with van der Waals surface area (Å²) in [6.07, 6.45) is 2.39. The molecule has 14 rings (SSSR count). The molecule has 0 fully saturated rings. The summed E-state index contributed by atoms with van der Waals surface area (Å²) in [6, 6.07) is 51.3. The first kappa shape index (κ1) is 40.5. The Labute approximate surface area is 403 Å². The Morgan fingerprint density at radius 2 is 1.28 bits per heavy atom. The van der Waals surface area contributed by atoms with Crippen LogP contribution in [0.4, 0.5) is 11.4 Å². The molecule has 11 aromatic rings. The Morgan fingerprint density at radius 3 is 2.06 bits per heavy atom. The third-order valence-corrected chi connectivity index (χ3v) is 18.0. The number of hydrogen-bond acceptors (Lipinski definition) is 3. The van der Waals surface area contributed by atoms with Crippen LogP contribution < -0.4 is 16.2 Å². The number of fused-ring (bicyclic) bond motifs is 16. The lowest BCUT2D eigenvalue weighted by Gasteiger charge is -2.42. The topological polar surface area (TPSA) is 30.1 Å². The Bertz CT molecular complexity index is 4030. The third-order valence-electron chi connectivity index (χ3n) is 16.8. The Hall–Kier alpha value is -6.56. The van der Waals surface area contributed by atoms with Crippen molar-refractivity contribution in [2.24, 2.45) is 0 Å². The van der Waals surface area contributed by atoms with Crippen molar-refractivity contribution in [3.8, 4) is 27.9 Å². The van der Waals surface area contributed by atoms with Gasteiger partial charge >= 0.3 is 0 Å². The fourth-order valence-electron chi connectivity index (χ4n) is 12.9. The average Bonchev–Trinajstić information content (AvgIpc) is 4.04. The third kappa shape index (κ3) is 5.48. The summed E-state index contributed by atoms with van der Waals surface area (Å²) in [5, 5.41) is 11.6. The molecule has 0 atom stereocenters. The van der Waals surface area contributed by atoms with Gasteiger partial charge in [0.25, 0.3) is 0 Å². The van der Waals surface area contributed by atoms with Crippen LogP contribution in [-0.2, 0) is 21.7 Å². The Kier molecular flexibility index (Phi) is 7.96. The lowest BCUT2D eigenvalue weighted by Crippen LogP contribution is -2.37. The highest BCUT2D eigenvalue weighted by molar-refractivity contribution is 7.25. The lowest BCUT2D eigenvalue weighted by atomic mass is 9.59. The second-order valence-electron chi connectivity index (χ2n) is 23.2. The molecule has 8 aromatic carbocycles. The fourth-order valence-corrected chi connectivity index (χ4v) is 14.0. The van der Waals surface area contributed by atoms with Crippen molar-refractivity contribution < 1.29 is 4.42 Å². The Balaban J connectivity index is 1.07. The molecule has 68 heavy (non-hydrogen) atoms. The molecule has 5 heteroatoms. The Morgan fingerprint density at radius 1 is 0.574 bits per heavy atom. The van der Waals surface area contributed by atoms with E-state index < -0.39 is 0 Å². The average molecular weight is 899 g/mol. The van der Waals surface area contributed by atoms with E-state index >= 15 is 0 Å². The minimum absolute atomic E-state index is 0.0669. The summed E-state index contributed by atoms with van der Waals surface area (Å²) in [6.45, 7) is 21.6. The molecule has 1 aliphatic heterocycles. The van der Waals surface area contributed by atoms with E-state index in [0.717, 1.165) is 35.2 Å². The van der Waals surface area contributed by atoms with Crippen LogP contribution in [0.5, 0.6) is 0 Å². The molecule has 0 spiro atoms. The van der Waals surface area contributed by atoms with Gasteiger partial charge in [0.15, 0.2) is 7.28 Å². The zero-order chi connectivity index (χ0) is 46.4. The highest BCUT2D eigenvalue weighted by Gasteiger charge is 2.43. The van der Waals surface area contributed by atoms with Crippen LogP contribution in [0.25, 0.3) is 91.9 Å². The van der Waals surface area contributed by atoms with Crippen LogP contribution in [0.3, 0.4) is 0 Å². The van der Waals surface area contributed by atoms with E-state index in [2.05, 4.69) is 206 Å². The van der Waals surface area contributed by atoms with Crippen LogP contribution >= 0.6 is 11.3 Å². The van der Waals surface area contributed by atoms with Crippen molar-refractivity contribution in [1.82, 2.24) is 4.57 Å². The summed E-state index contributed by atoms with van der Waals surface area (Å²) < 4.78 is 11.8. The number of rotatable bonds is 3. The highest BCUT2D eigenvalue weighted by Crippen LogP contribution is 2.56. The SMILES string of the molecule is CC(C)(C)c1ccc(Nc2cc3c(cc2-c2ccc4c5c6c(ccc5n5c4c2Bc2cc4c(cc2-5)sc2ccccc24)oc2ccccc26)-c2cc4c(cc2C3(C)C)C(C)(C)CCC4(C)C)cc1. The lowest BCUT2D eigenvalue weighted by molar-refractivity contribution is 0.331. The molecule has 0 saturated carbocycles. The first-order valence-corrected chi connectivity index (χ1v) is 25.5. The van der Waals surface area contributed by atoms with E-state index in [1.165, 1.54) is 127 Å². The number of hydrogen-bond donors (Lipinski definition) is 1. The second kappa shape index (κ2) is 13.4. The molecule has 3 aromatic heterocycles. The van der Waals surface area contributed by atoms with Gasteiger partial charge in [-0.3, -0.25) is 0 Å². The van der Waals surface area contributed by atoms with Crippen molar-refractivity contribution in [2.75, 3.05) is 5.32 Å². The second-order valence-corrected chi connectivity index (χ2v) is 24.3. The predicted octanol–water partition coefficient (Wildman–Crippen LogP) is 16.1. The summed E-state index contributed by atoms with van der Waals surface area (Å²) >= 11 is 1.90. The summed E-state index contributed by atoms with van der Waals surface area (Å²) in [7, 11) is 0.823. The summed E-state index contributed by atoms with van der Waals surface area (Å²) in [5.74, 6) is 0. The number of thiophene rings is 1. The molecule has 3 aliphatic rings. The van der Waals surface area contributed by atoms with E-state index in [1.54, 1.807) is 0 Å². The molecular weight excluding hydrogens is 844 g/mol. The first-order valence-electron chi connectivity index (χ1n) is 24.7. The number of nitrogens with one attached hydrogen (secondary N) is 1. The van der Waals surface area contributed by atoms with Gasteiger partial charge in [-0.25, -0.2) is 0 Å². The maximum atomic E-state index is 6.58. The van der Waals surface area contributed by atoms with E-state index in [1.807, 2.05) is 11.3 Å². The minimum Gasteiger partial charge on any atom is -0.456 e. The molecular formula is C63H55BN2OS. The first-order chi connectivity index (χ1) is 32.5. The molecule has 4 heterocycles. The van der Waals surface area contributed by atoms with Crippen molar-refractivity contribution in [3.63, 3.8) is 0 Å². The molecule has 3 nitrogen and oxygen atoms in total. The van der Waals surface area contributed by atoms with Gasteiger partial charge in [0.2, 0.25) is 0 Å². The predicted molar refractivity (Wildman–Crippen MR) is 294 cm³/mol. The van der Waals surface area contributed by atoms with Crippen molar-refractivity contribution >= 4 is 105 Å². The van der Waals surface area contributed by atoms with Crippen LogP contribution in [0.1, 0.15) is 103 Å². The number of para-hydroxylation sites is 1. The molecule has 0 radical (unpaired) electrons. The minimum atomic E-state index is -0.181. The normalized spacial score (nSPS) is 16.4. The van der Waals surface area contributed by atoms with Gasteiger partial charge in [0.05, 0.1) is 5.52 Å². The monoisotopic (exact) mass is 898 g/mol. The van der Waals surface area contributed by atoms with Gasteiger partial charge in [0.1, 0.15) is 11.2 Å². The zero-order valence-electron chi connectivity index (χ0n) is 40.6.